The van der Waals surface area contributed by atoms with E-state index in [1.165, 1.54) is 5.56 Å². The van der Waals surface area contributed by atoms with E-state index in [2.05, 4.69) is 33.2 Å². The van der Waals surface area contributed by atoms with Crippen LogP contribution in [0.4, 0.5) is 5.82 Å². The lowest BCUT2D eigenvalue weighted by molar-refractivity contribution is -0.118. The van der Waals surface area contributed by atoms with Gasteiger partial charge in [0, 0.05) is 10.7 Å². The van der Waals surface area contributed by atoms with Gasteiger partial charge in [-0.1, -0.05) is 19.1 Å². The number of hydrogen-bond acceptors (Lipinski definition) is 3. The summed E-state index contributed by atoms with van der Waals surface area (Å²) in [6, 6.07) is 9.63. The van der Waals surface area contributed by atoms with E-state index in [0.717, 1.165) is 16.5 Å². The summed E-state index contributed by atoms with van der Waals surface area (Å²) in [7, 11) is 0. The van der Waals surface area contributed by atoms with E-state index in [1.807, 2.05) is 37.3 Å². The lowest BCUT2D eigenvalue weighted by Crippen LogP contribution is -2.21. The topological polar surface area (TPSA) is 51.2 Å². The van der Waals surface area contributed by atoms with Crippen molar-refractivity contribution in [3.05, 3.63) is 52.1 Å². The summed E-state index contributed by atoms with van der Waals surface area (Å²) >= 11 is 3.34. The standard InChI is InChI=1S/C16H17BrN2O2/c1-3-12-5-4-6-14(8-12)21-10-15(20)19-16-11(2)7-13(17)9-18-16/h4-9H,3,10H2,1-2H3,(H,18,19,20). The number of nitrogens with one attached hydrogen (secondary N) is 1. The van der Waals surface area contributed by atoms with Crippen LogP contribution in [0.3, 0.4) is 0 Å². The smallest absolute Gasteiger partial charge is 0.263 e. The largest absolute Gasteiger partial charge is 0.484 e. The maximum Gasteiger partial charge on any atom is 0.263 e. The number of aryl methyl sites for hydroxylation is 2. The fraction of sp³-hybridized carbons (Fsp3) is 0.250. The van der Waals surface area contributed by atoms with Crippen molar-refractivity contribution in [2.75, 3.05) is 11.9 Å². The summed E-state index contributed by atoms with van der Waals surface area (Å²) in [4.78, 5) is 16.1. The molecule has 0 aliphatic carbocycles. The Balaban J connectivity index is 1.92. The summed E-state index contributed by atoms with van der Waals surface area (Å²) in [5.41, 5.74) is 2.07. The number of nitrogens with zero attached hydrogens (tertiary/aromatic N) is 1. The Hall–Kier alpha value is -1.88. The molecule has 110 valence electrons. The minimum Gasteiger partial charge on any atom is -0.484 e. The number of aromatic nitrogens is 1. The predicted molar refractivity (Wildman–Crippen MR) is 86.6 cm³/mol. The number of halogens is 1. The third-order valence-electron chi connectivity index (χ3n) is 2.98. The number of amides is 1. The zero-order valence-corrected chi connectivity index (χ0v) is 13.6. The molecule has 0 saturated heterocycles. The van der Waals surface area contributed by atoms with Gasteiger partial charge in [-0.3, -0.25) is 4.79 Å². The van der Waals surface area contributed by atoms with Crippen LogP contribution in [-0.2, 0) is 11.2 Å². The van der Waals surface area contributed by atoms with Crippen molar-refractivity contribution in [1.82, 2.24) is 4.98 Å². The molecular formula is C16H17BrN2O2. The minimum absolute atomic E-state index is 0.0373. The van der Waals surface area contributed by atoms with Gasteiger partial charge in [0.1, 0.15) is 11.6 Å². The molecule has 0 bridgehead atoms. The fourth-order valence-electron chi connectivity index (χ4n) is 1.84. The van der Waals surface area contributed by atoms with Crippen LogP contribution in [0.15, 0.2) is 41.0 Å². The average molecular weight is 349 g/mol. The number of carbonyl (C=O) groups is 1. The molecule has 1 aromatic carbocycles. The Morgan fingerprint density at radius 2 is 2.19 bits per heavy atom. The van der Waals surface area contributed by atoms with Crippen molar-refractivity contribution in [3.63, 3.8) is 0 Å². The summed E-state index contributed by atoms with van der Waals surface area (Å²) in [5.74, 6) is 1.02. The summed E-state index contributed by atoms with van der Waals surface area (Å²) in [6.07, 6.45) is 2.58. The molecule has 1 heterocycles. The molecular weight excluding hydrogens is 332 g/mol. The van der Waals surface area contributed by atoms with Crippen molar-refractivity contribution in [1.29, 1.82) is 0 Å². The summed E-state index contributed by atoms with van der Waals surface area (Å²) < 4.78 is 6.38. The van der Waals surface area contributed by atoms with Gasteiger partial charge in [0.15, 0.2) is 6.61 Å². The van der Waals surface area contributed by atoms with Gasteiger partial charge < -0.3 is 10.1 Å². The molecule has 0 unspecified atom stereocenters. The molecule has 0 saturated carbocycles. The van der Waals surface area contributed by atoms with E-state index < -0.39 is 0 Å². The quantitative estimate of drug-likeness (QED) is 0.895. The fourth-order valence-corrected chi connectivity index (χ4v) is 2.29. The number of rotatable bonds is 5. The molecule has 0 atom stereocenters. The second-order valence-corrected chi connectivity index (χ2v) is 5.57. The first-order chi connectivity index (χ1) is 10.1. The van der Waals surface area contributed by atoms with Gasteiger partial charge in [-0.15, -0.1) is 0 Å². The van der Waals surface area contributed by atoms with Gasteiger partial charge in [-0.05, 0) is 58.6 Å². The molecule has 2 aromatic rings. The van der Waals surface area contributed by atoms with Crippen molar-refractivity contribution < 1.29 is 9.53 Å². The van der Waals surface area contributed by atoms with Gasteiger partial charge in [0.05, 0.1) is 0 Å². The molecule has 2 rings (SSSR count). The Morgan fingerprint density at radius 3 is 2.90 bits per heavy atom. The van der Waals surface area contributed by atoms with E-state index >= 15 is 0 Å². The highest BCUT2D eigenvalue weighted by molar-refractivity contribution is 9.10. The van der Waals surface area contributed by atoms with Gasteiger partial charge in [0.2, 0.25) is 0 Å². The molecule has 4 nitrogen and oxygen atoms in total. The number of benzene rings is 1. The van der Waals surface area contributed by atoms with Crippen LogP contribution in [-0.4, -0.2) is 17.5 Å². The average Bonchev–Trinajstić information content (AvgIpc) is 2.48. The molecule has 0 radical (unpaired) electrons. The molecule has 1 amide bonds. The second kappa shape index (κ2) is 7.22. The third kappa shape index (κ3) is 4.56. The number of pyridine rings is 1. The van der Waals surface area contributed by atoms with Crippen LogP contribution in [0.5, 0.6) is 5.75 Å². The van der Waals surface area contributed by atoms with Crippen molar-refractivity contribution in [3.8, 4) is 5.75 Å². The first kappa shape index (κ1) is 15.5. The molecule has 21 heavy (non-hydrogen) atoms. The third-order valence-corrected chi connectivity index (χ3v) is 3.41. The van der Waals surface area contributed by atoms with Gasteiger partial charge in [0.25, 0.3) is 5.91 Å². The van der Waals surface area contributed by atoms with Gasteiger partial charge in [-0.2, -0.15) is 0 Å². The SMILES string of the molecule is CCc1cccc(OCC(=O)Nc2ncc(Br)cc2C)c1. The highest BCUT2D eigenvalue weighted by atomic mass is 79.9. The maximum absolute atomic E-state index is 11.9. The molecule has 5 heteroatoms. The number of anilines is 1. The van der Waals surface area contributed by atoms with E-state index in [1.54, 1.807) is 6.20 Å². The molecule has 1 aromatic heterocycles. The van der Waals surface area contributed by atoms with Crippen molar-refractivity contribution in [2.45, 2.75) is 20.3 Å². The second-order valence-electron chi connectivity index (χ2n) is 4.66. The van der Waals surface area contributed by atoms with E-state index in [9.17, 15) is 4.79 Å². The van der Waals surface area contributed by atoms with Crippen molar-refractivity contribution >= 4 is 27.7 Å². The minimum atomic E-state index is -0.227. The highest BCUT2D eigenvalue weighted by Gasteiger charge is 2.07. The molecule has 0 spiro atoms. The molecule has 0 fully saturated rings. The first-order valence-electron chi connectivity index (χ1n) is 6.72. The van der Waals surface area contributed by atoms with Gasteiger partial charge >= 0.3 is 0 Å². The number of ether oxygens (including phenoxy) is 1. The number of carbonyl (C=O) groups excluding carboxylic acids is 1. The lowest BCUT2D eigenvalue weighted by atomic mass is 10.2. The summed E-state index contributed by atoms with van der Waals surface area (Å²) in [6.45, 7) is 3.93. The van der Waals surface area contributed by atoms with Crippen molar-refractivity contribution in [2.24, 2.45) is 0 Å². The first-order valence-corrected chi connectivity index (χ1v) is 7.51. The molecule has 1 N–H and O–H groups in total. The van der Waals surface area contributed by atoms with Crippen LogP contribution >= 0.6 is 15.9 Å². The Kier molecular flexibility index (Phi) is 5.33. The normalized spacial score (nSPS) is 10.2. The summed E-state index contributed by atoms with van der Waals surface area (Å²) in [5, 5.41) is 2.74. The van der Waals surface area contributed by atoms with E-state index in [4.69, 9.17) is 4.74 Å². The monoisotopic (exact) mass is 348 g/mol. The van der Waals surface area contributed by atoms with Gasteiger partial charge in [-0.25, -0.2) is 4.98 Å². The van der Waals surface area contributed by atoms with Crippen LogP contribution in [0.2, 0.25) is 0 Å². The molecule has 0 aliphatic heterocycles. The Labute approximate surface area is 132 Å². The van der Waals surface area contributed by atoms with E-state index in [0.29, 0.717) is 11.6 Å². The van der Waals surface area contributed by atoms with Crippen LogP contribution in [0.1, 0.15) is 18.1 Å². The lowest BCUT2D eigenvalue weighted by Gasteiger charge is -2.09. The van der Waals surface area contributed by atoms with Crippen LogP contribution in [0.25, 0.3) is 0 Å². The molecule has 0 aliphatic rings. The van der Waals surface area contributed by atoms with E-state index in [-0.39, 0.29) is 12.5 Å². The zero-order valence-electron chi connectivity index (χ0n) is 12.0. The maximum atomic E-state index is 11.9. The highest BCUT2D eigenvalue weighted by Crippen LogP contribution is 2.17. The Morgan fingerprint density at radius 1 is 1.38 bits per heavy atom. The van der Waals surface area contributed by atoms with Crippen LogP contribution < -0.4 is 10.1 Å². The zero-order chi connectivity index (χ0) is 15.2. The predicted octanol–water partition coefficient (Wildman–Crippen LogP) is 3.73. The van der Waals surface area contributed by atoms with Crippen LogP contribution in [0, 0.1) is 6.92 Å². The number of hydrogen-bond donors (Lipinski definition) is 1. The Bertz CT molecular complexity index is 644.